The second-order valence-electron chi connectivity index (χ2n) is 4.02. The number of nitrogens with zero attached hydrogens (tertiary/aromatic N) is 1. The molecule has 0 radical (unpaired) electrons. The summed E-state index contributed by atoms with van der Waals surface area (Å²) in [7, 11) is 0. The minimum absolute atomic E-state index is 0.325. The van der Waals surface area contributed by atoms with Crippen molar-refractivity contribution in [3.8, 4) is 6.07 Å². The normalized spacial score (nSPS) is 17.6. The Morgan fingerprint density at radius 3 is 3.00 bits per heavy atom. The summed E-state index contributed by atoms with van der Waals surface area (Å²) in [5.41, 5.74) is 0.325. The Bertz CT molecular complexity index is 320. The summed E-state index contributed by atoms with van der Waals surface area (Å²) >= 11 is 1.78. The van der Waals surface area contributed by atoms with E-state index in [4.69, 9.17) is 5.26 Å². The van der Waals surface area contributed by atoms with Crippen LogP contribution in [0.3, 0.4) is 0 Å². The standard InChI is InChI=1S/C11H14N2S/c12-6-5-11(3-4-11)9-13-8-10-2-1-7-14-10/h1-2,7,13H,3-5,8-9H2. The molecule has 2 rings (SSSR count). The molecule has 1 aromatic rings. The van der Waals surface area contributed by atoms with Crippen molar-refractivity contribution in [3.05, 3.63) is 22.4 Å². The first-order chi connectivity index (χ1) is 6.85. The fourth-order valence-electron chi connectivity index (χ4n) is 1.62. The molecule has 0 unspecified atom stereocenters. The second-order valence-corrected chi connectivity index (χ2v) is 5.05. The van der Waals surface area contributed by atoms with E-state index in [1.807, 2.05) is 0 Å². The molecular weight excluding hydrogens is 192 g/mol. The van der Waals surface area contributed by atoms with Gasteiger partial charge < -0.3 is 5.32 Å². The van der Waals surface area contributed by atoms with Gasteiger partial charge in [-0.3, -0.25) is 0 Å². The first-order valence-corrected chi connectivity index (χ1v) is 5.83. The van der Waals surface area contributed by atoms with E-state index in [1.54, 1.807) is 11.3 Å². The van der Waals surface area contributed by atoms with E-state index < -0.39 is 0 Å². The van der Waals surface area contributed by atoms with E-state index in [0.717, 1.165) is 13.1 Å². The van der Waals surface area contributed by atoms with Gasteiger partial charge in [0.05, 0.1) is 6.07 Å². The topological polar surface area (TPSA) is 35.8 Å². The molecule has 74 valence electrons. The molecule has 1 saturated carbocycles. The summed E-state index contributed by atoms with van der Waals surface area (Å²) < 4.78 is 0. The molecule has 1 aliphatic carbocycles. The van der Waals surface area contributed by atoms with Crippen molar-refractivity contribution in [2.45, 2.75) is 25.8 Å². The van der Waals surface area contributed by atoms with Crippen LogP contribution in [0.25, 0.3) is 0 Å². The monoisotopic (exact) mass is 206 g/mol. The minimum Gasteiger partial charge on any atom is -0.311 e. The molecular formula is C11H14N2S. The Kier molecular flexibility index (Phi) is 2.85. The molecule has 0 amide bonds. The molecule has 1 fully saturated rings. The van der Waals surface area contributed by atoms with Gasteiger partial charge in [0.25, 0.3) is 0 Å². The fraction of sp³-hybridized carbons (Fsp3) is 0.545. The van der Waals surface area contributed by atoms with Crippen LogP contribution >= 0.6 is 11.3 Å². The summed E-state index contributed by atoms with van der Waals surface area (Å²) in [5.74, 6) is 0. The Balaban J connectivity index is 1.71. The molecule has 0 bridgehead atoms. The molecule has 14 heavy (non-hydrogen) atoms. The molecule has 0 aliphatic heterocycles. The highest BCUT2D eigenvalue weighted by Crippen LogP contribution is 2.47. The Morgan fingerprint density at radius 2 is 2.43 bits per heavy atom. The van der Waals surface area contributed by atoms with Crippen LogP contribution in [-0.4, -0.2) is 6.54 Å². The molecule has 0 aromatic carbocycles. The zero-order valence-corrected chi connectivity index (χ0v) is 8.94. The van der Waals surface area contributed by atoms with Crippen molar-refractivity contribution >= 4 is 11.3 Å². The maximum absolute atomic E-state index is 8.65. The smallest absolute Gasteiger partial charge is 0.0628 e. The summed E-state index contributed by atoms with van der Waals surface area (Å²) in [6.45, 7) is 1.95. The molecule has 0 spiro atoms. The largest absolute Gasteiger partial charge is 0.311 e. The predicted molar refractivity (Wildman–Crippen MR) is 57.9 cm³/mol. The quantitative estimate of drug-likeness (QED) is 0.803. The van der Waals surface area contributed by atoms with Gasteiger partial charge in [0.1, 0.15) is 0 Å². The lowest BCUT2D eigenvalue weighted by atomic mass is 10.0. The average Bonchev–Trinajstić information content (AvgIpc) is 2.75. The maximum Gasteiger partial charge on any atom is 0.0628 e. The van der Waals surface area contributed by atoms with Gasteiger partial charge >= 0.3 is 0 Å². The van der Waals surface area contributed by atoms with Crippen LogP contribution in [0.15, 0.2) is 17.5 Å². The van der Waals surface area contributed by atoms with Gasteiger partial charge in [0.2, 0.25) is 0 Å². The summed E-state index contributed by atoms with van der Waals surface area (Å²) in [6, 6.07) is 6.49. The minimum atomic E-state index is 0.325. The lowest BCUT2D eigenvalue weighted by Crippen LogP contribution is -2.22. The molecule has 1 aromatic heterocycles. The maximum atomic E-state index is 8.65. The SMILES string of the molecule is N#CCC1(CNCc2cccs2)CC1. The highest BCUT2D eigenvalue weighted by molar-refractivity contribution is 7.09. The summed E-state index contributed by atoms with van der Waals surface area (Å²) in [4.78, 5) is 1.37. The van der Waals surface area contributed by atoms with Crippen molar-refractivity contribution in [1.29, 1.82) is 5.26 Å². The van der Waals surface area contributed by atoms with Crippen molar-refractivity contribution < 1.29 is 0 Å². The van der Waals surface area contributed by atoms with Gasteiger partial charge in [-0.1, -0.05) is 6.07 Å². The van der Waals surface area contributed by atoms with E-state index in [1.165, 1.54) is 17.7 Å². The van der Waals surface area contributed by atoms with Crippen LogP contribution in [0.4, 0.5) is 0 Å². The molecule has 1 N–H and O–H groups in total. The van der Waals surface area contributed by atoms with Crippen LogP contribution in [0.2, 0.25) is 0 Å². The highest BCUT2D eigenvalue weighted by atomic mass is 32.1. The average molecular weight is 206 g/mol. The van der Waals surface area contributed by atoms with Crippen molar-refractivity contribution in [1.82, 2.24) is 5.32 Å². The van der Waals surface area contributed by atoms with Crippen LogP contribution < -0.4 is 5.32 Å². The Hall–Kier alpha value is -0.850. The van der Waals surface area contributed by atoms with Gasteiger partial charge in [-0.15, -0.1) is 11.3 Å². The second kappa shape index (κ2) is 4.12. The lowest BCUT2D eigenvalue weighted by molar-refractivity contribution is 0.468. The third-order valence-corrected chi connectivity index (χ3v) is 3.67. The van der Waals surface area contributed by atoms with Crippen LogP contribution in [0, 0.1) is 16.7 Å². The van der Waals surface area contributed by atoms with Gasteiger partial charge in [-0.2, -0.15) is 5.26 Å². The van der Waals surface area contributed by atoms with Crippen molar-refractivity contribution in [2.75, 3.05) is 6.54 Å². The van der Waals surface area contributed by atoms with Crippen LogP contribution in [0.5, 0.6) is 0 Å². The third-order valence-electron chi connectivity index (χ3n) is 2.79. The fourth-order valence-corrected chi connectivity index (χ4v) is 2.30. The Morgan fingerprint density at radius 1 is 1.57 bits per heavy atom. The molecule has 3 heteroatoms. The van der Waals surface area contributed by atoms with Gasteiger partial charge in [-0.05, 0) is 29.7 Å². The van der Waals surface area contributed by atoms with E-state index in [2.05, 4.69) is 28.9 Å². The zero-order chi connectivity index (χ0) is 9.86. The number of rotatable bonds is 5. The number of hydrogen-bond donors (Lipinski definition) is 1. The van der Waals surface area contributed by atoms with E-state index >= 15 is 0 Å². The summed E-state index contributed by atoms with van der Waals surface area (Å²) in [5, 5.41) is 14.2. The van der Waals surface area contributed by atoms with Crippen molar-refractivity contribution in [2.24, 2.45) is 5.41 Å². The zero-order valence-electron chi connectivity index (χ0n) is 8.12. The number of thiophene rings is 1. The molecule has 1 aliphatic rings. The van der Waals surface area contributed by atoms with Crippen LogP contribution in [-0.2, 0) is 6.54 Å². The first kappa shape index (κ1) is 9.70. The first-order valence-electron chi connectivity index (χ1n) is 4.95. The predicted octanol–water partition coefficient (Wildman–Crippen LogP) is 2.53. The molecule has 1 heterocycles. The number of hydrogen-bond acceptors (Lipinski definition) is 3. The Labute approximate surface area is 88.6 Å². The lowest BCUT2D eigenvalue weighted by Gasteiger charge is -2.11. The van der Waals surface area contributed by atoms with Crippen molar-refractivity contribution in [3.63, 3.8) is 0 Å². The molecule has 0 saturated heterocycles. The third kappa shape index (κ3) is 2.34. The van der Waals surface area contributed by atoms with E-state index in [0.29, 0.717) is 11.8 Å². The molecule has 0 atom stereocenters. The van der Waals surface area contributed by atoms with Gasteiger partial charge in [-0.25, -0.2) is 0 Å². The van der Waals surface area contributed by atoms with Crippen LogP contribution in [0.1, 0.15) is 24.1 Å². The van der Waals surface area contributed by atoms with E-state index in [9.17, 15) is 0 Å². The highest BCUT2D eigenvalue weighted by Gasteiger charge is 2.41. The van der Waals surface area contributed by atoms with Gasteiger partial charge in [0, 0.05) is 24.4 Å². The number of nitriles is 1. The van der Waals surface area contributed by atoms with Gasteiger partial charge in [0.15, 0.2) is 0 Å². The number of nitrogens with one attached hydrogen (secondary N) is 1. The summed E-state index contributed by atoms with van der Waals surface area (Å²) in [6.07, 6.45) is 3.15. The van der Waals surface area contributed by atoms with E-state index in [-0.39, 0.29) is 0 Å². The molecule has 2 nitrogen and oxygen atoms in total.